The Bertz CT molecular complexity index is 247. The second-order valence-corrected chi connectivity index (χ2v) is 7.19. The molecule has 0 radical (unpaired) electrons. The highest BCUT2D eigenvalue weighted by atomic mass is 15.2. The molecule has 3 nitrogen and oxygen atoms in total. The minimum atomic E-state index is 0.233. The van der Waals surface area contributed by atoms with E-state index in [-0.39, 0.29) is 5.54 Å². The second kappa shape index (κ2) is 7.05. The van der Waals surface area contributed by atoms with E-state index in [0.717, 1.165) is 24.9 Å². The molecule has 2 rings (SSSR count). The first-order valence-electron chi connectivity index (χ1n) is 8.31. The molecule has 0 atom stereocenters. The first-order chi connectivity index (χ1) is 9.13. The summed E-state index contributed by atoms with van der Waals surface area (Å²) < 4.78 is 0. The van der Waals surface area contributed by atoms with Gasteiger partial charge in [-0.1, -0.05) is 26.7 Å². The molecular weight excluding hydrogens is 234 g/mol. The molecule has 112 valence electrons. The Kier molecular flexibility index (Phi) is 5.67. The highest BCUT2D eigenvalue weighted by Crippen LogP contribution is 2.33. The quantitative estimate of drug-likeness (QED) is 0.663. The van der Waals surface area contributed by atoms with Crippen LogP contribution < -0.4 is 11.1 Å². The molecule has 0 amide bonds. The van der Waals surface area contributed by atoms with E-state index in [1.807, 2.05) is 0 Å². The van der Waals surface area contributed by atoms with E-state index in [1.54, 1.807) is 0 Å². The summed E-state index contributed by atoms with van der Waals surface area (Å²) >= 11 is 0. The molecule has 1 aliphatic heterocycles. The standard InChI is InChI=1S/C16H33N3/c1-14(2)12-19-10-7-16(13-17,8-11-19)18-9-3-4-15-5-6-15/h14-15,18H,3-13,17H2,1-2H3. The van der Waals surface area contributed by atoms with Gasteiger partial charge >= 0.3 is 0 Å². The monoisotopic (exact) mass is 267 g/mol. The van der Waals surface area contributed by atoms with Gasteiger partial charge in [-0.25, -0.2) is 0 Å². The molecule has 0 unspecified atom stereocenters. The third-order valence-electron chi connectivity index (χ3n) is 4.81. The van der Waals surface area contributed by atoms with E-state index in [9.17, 15) is 0 Å². The maximum absolute atomic E-state index is 6.06. The molecule has 2 fully saturated rings. The smallest absolute Gasteiger partial charge is 0.0328 e. The largest absolute Gasteiger partial charge is 0.329 e. The Morgan fingerprint density at radius 3 is 2.47 bits per heavy atom. The van der Waals surface area contributed by atoms with Gasteiger partial charge in [-0.2, -0.15) is 0 Å². The summed E-state index contributed by atoms with van der Waals surface area (Å²) in [6.45, 7) is 10.2. The second-order valence-electron chi connectivity index (χ2n) is 7.19. The zero-order valence-corrected chi connectivity index (χ0v) is 13.0. The molecular formula is C16H33N3. The van der Waals surface area contributed by atoms with Gasteiger partial charge in [0.05, 0.1) is 0 Å². The van der Waals surface area contributed by atoms with Crippen LogP contribution in [0.25, 0.3) is 0 Å². The van der Waals surface area contributed by atoms with Crippen LogP contribution in [0.1, 0.15) is 52.4 Å². The van der Waals surface area contributed by atoms with Gasteiger partial charge < -0.3 is 16.0 Å². The molecule has 1 saturated carbocycles. The van der Waals surface area contributed by atoms with Gasteiger partial charge in [0.15, 0.2) is 0 Å². The van der Waals surface area contributed by atoms with Gasteiger partial charge in [0, 0.05) is 18.6 Å². The number of nitrogens with zero attached hydrogens (tertiary/aromatic N) is 1. The first-order valence-corrected chi connectivity index (χ1v) is 8.31. The Morgan fingerprint density at radius 1 is 1.26 bits per heavy atom. The van der Waals surface area contributed by atoms with Crippen LogP contribution in [0.5, 0.6) is 0 Å². The topological polar surface area (TPSA) is 41.3 Å². The van der Waals surface area contributed by atoms with Crippen LogP contribution in [0, 0.1) is 11.8 Å². The van der Waals surface area contributed by atoms with Crippen LogP contribution in [-0.2, 0) is 0 Å². The van der Waals surface area contributed by atoms with Gasteiger partial charge in [0.1, 0.15) is 0 Å². The van der Waals surface area contributed by atoms with E-state index >= 15 is 0 Å². The maximum atomic E-state index is 6.06. The van der Waals surface area contributed by atoms with Crippen LogP contribution in [0.15, 0.2) is 0 Å². The molecule has 0 aromatic rings. The fourth-order valence-corrected chi connectivity index (χ4v) is 3.28. The number of hydrogen-bond donors (Lipinski definition) is 2. The lowest BCUT2D eigenvalue weighted by molar-refractivity contribution is 0.128. The van der Waals surface area contributed by atoms with E-state index in [2.05, 4.69) is 24.1 Å². The van der Waals surface area contributed by atoms with Gasteiger partial charge in [0.25, 0.3) is 0 Å². The third kappa shape index (κ3) is 5.05. The zero-order valence-electron chi connectivity index (χ0n) is 13.0. The van der Waals surface area contributed by atoms with Crippen molar-refractivity contribution in [2.45, 2.75) is 57.9 Å². The van der Waals surface area contributed by atoms with E-state index in [4.69, 9.17) is 5.73 Å². The molecule has 0 aromatic heterocycles. The Morgan fingerprint density at radius 2 is 1.95 bits per heavy atom. The van der Waals surface area contributed by atoms with Crippen LogP contribution in [0.2, 0.25) is 0 Å². The Labute approximate surface area is 119 Å². The SMILES string of the molecule is CC(C)CN1CCC(CN)(NCCCC2CC2)CC1. The molecule has 2 aliphatic rings. The van der Waals surface area contributed by atoms with E-state index < -0.39 is 0 Å². The fourth-order valence-electron chi connectivity index (χ4n) is 3.28. The van der Waals surface area contributed by atoms with Gasteiger partial charge in [-0.05, 0) is 57.2 Å². The number of nitrogens with one attached hydrogen (secondary N) is 1. The number of likely N-dealkylation sites (tertiary alicyclic amines) is 1. The van der Waals surface area contributed by atoms with Crippen LogP contribution in [-0.4, -0.2) is 43.2 Å². The molecule has 1 aliphatic carbocycles. The fraction of sp³-hybridized carbons (Fsp3) is 1.00. The molecule has 3 N–H and O–H groups in total. The Balaban J connectivity index is 1.66. The van der Waals surface area contributed by atoms with Gasteiger partial charge in [0.2, 0.25) is 0 Å². The molecule has 19 heavy (non-hydrogen) atoms. The van der Waals surface area contributed by atoms with E-state index in [0.29, 0.717) is 0 Å². The lowest BCUT2D eigenvalue weighted by Crippen LogP contribution is -2.58. The summed E-state index contributed by atoms with van der Waals surface area (Å²) in [6, 6.07) is 0. The summed E-state index contributed by atoms with van der Waals surface area (Å²) in [5.41, 5.74) is 6.29. The van der Waals surface area contributed by atoms with Crippen molar-refractivity contribution < 1.29 is 0 Å². The van der Waals surface area contributed by atoms with Crippen molar-refractivity contribution in [2.75, 3.05) is 32.7 Å². The van der Waals surface area contributed by atoms with E-state index in [1.165, 1.54) is 58.2 Å². The maximum Gasteiger partial charge on any atom is 0.0328 e. The highest BCUT2D eigenvalue weighted by Gasteiger charge is 2.32. The number of piperidine rings is 1. The van der Waals surface area contributed by atoms with Crippen LogP contribution >= 0.6 is 0 Å². The molecule has 1 heterocycles. The molecule has 0 spiro atoms. The Hall–Kier alpha value is -0.120. The van der Waals surface area contributed by atoms with Crippen molar-refractivity contribution in [3.63, 3.8) is 0 Å². The predicted octanol–water partition coefficient (Wildman–Crippen LogP) is 2.22. The normalized spacial score (nSPS) is 24.0. The lowest BCUT2D eigenvalue weighted by atomic mass is 9.87. The number of nitrogens with two attached hydrogens (primary N) is 1. The minimum Gasteiger partial charge on any atom is -0.329 e. The summed E-state index contributed by atoms with van der Waals surface area (Å²) in [7, 11) is 0. The highest BCUT2D eigenvalue weighted by molar-refractivity contribution is 4.94. The van der Waals surface area contributed by atoms with Crippen molar-refractivity contribution in [3.05, 3.63) is 0 Å². The van der Waals surface area contributed by atoms with Crippen molar-refractivity contribution >= 4 is 0 Å². The number of hydrogen-bond acceptors (Lipinski definition) is 3. The van der Waals surface area contributed by atoms with Gasteiger partial charge in [-0.15, -0.1) is 0 Å². The van der Waals surface area contributed by atoms with Crippen molar-refractivity contribution in [3.8, 4) is 0 Å². The van der Waals surface area contributed by atoms with Crippen molar-refractivity contribution in [1.29, 1.82) is 0 Å². The zero-order chi connectivity index (χ0) is 13.7. The average molecular weight is 267 g/mol. The first kappa shape index (κ1) is 15.3. The van der Waals surface area contributed by atoms with Crippen molar-refractivity contribution in [2.24, 2.45) is 17.6 Å². The predicted molar refractivity (Wildman–Crippen MR) is 82.3 cm³/mol. The lowest BCUT2D eigenvalue weighted by Gasteiger charge is -2.42. The summed E-state index contributed by atoms with van der Waals surface area (Å²) in [4.78, 5) is 2.60. The molecule has 0 aromatic carbocycles. The van der Waals surface area contributed by atoms with Crippen molar-refractivity contribution in [1.82, 2.24) is 10.2 Å². The number of rotatable bonds is 8. The van der Waals surface area contributed by atoms with Crippen LogP contribution in [0.4, 0.5) is 0 Å². The average Bonchev–Trinajstić information content (AvgIpc) is 3.20. The van der Waals surface area contributed by atoms with Crippen LogP contribution in [0.3, 0.4) is 0 Å². The van der Waals surface area contributed by atoms with Gasteiger partial charge in [-0.3, -0.25) is 0 Å². The summed E-state index contributed by atoms with van der Waals surface area (Å²) in [5.74, 6) is 1.83. The third-order valence-corrected chi connectivity index (χ3v) is 4.81. The molecule has 3 heteroatoms. The molecule has 0 bridgehead atoms. The summed E-state index contributed by atoms with van der Waals surface area (Å²) in [6.07, 6.45) is 8.16. The minimum absolute atomic E-state index is 0.233. The molecule has 1 saturated heterocycles. The summed E-state index contributed by atoms with van der Waals surface area (Å²) in [5, 5.41) is 3.79.